The van der Waals surface area contributed by atoms with Gasteiger partial charge in [0.05, 0.1) is 43.2 Å². The van der Waals surface area contributed by atoms with Crippen LogP contribution in [0.1, 0.15) is 147 Å². The lowest BCUT2D eigenvalue weighted by molar-refractivity contribution is -0.302. The fraction of sp³-hybridized carbons (Fsp3) is 0.857. The van der Waals surface area contributed by atoms with Crippen LogP contribution in [-0.2, 0) is 51.7 Å². The van der Waals surface area contributed by atoms with Crippen molar-refractivity contribution >= 4 is 40.1 Å². The van der Waals surface area contributed by atoms with Gasteiger partial charge in [-0.2, -0.15) is 0 Å². The molecule has 0 aromatic rings. The van der Waals surface area contributed by atoms with Gasteiger partial charge in [-0.05, 0) is 132 Å². The Labute approximate surface area is 441 Å². The zero-order valence-electron chi connectivity index (χ0n) is 48.2. The number of rotatable bonds is 12. The van der Waals surface area contributed by atoms with E-state index in [1.165, 1.54) is 19.1 Å². The number of cyclic esters (lactones) is 1. The number of Topliss-reactive ketones (excluding diaryl/α,β-unsaturated/α-hetero) is 2. The quantitative estimate of drug-likeness (QED) is 0.0725. The van der Waals surface area contributed by atoms with E-state index in [9.17, 15) is 24.9 Å². The molecule has 420 valence electrons. The van der Waals surface area contributed by atoms with Crippen LogP contribution >= 0.6 is 0 Å². The van der Waals surface area contributed by atoms with Crippen molar-refractivity contribution in [3.63, 3.8) is 0 Å². The number of fused-ring (bicyclic) bond motifs is 3. The lowest BCUT2D eigenvalue weighted by atomic mass is 9.81. The van der Waals surface area contributed by atoms with E-state index >= 15 is 9.59 Å². The van der Waals surface area contributed by atoms with Gasteiger partial charge in [-0.3, -0.25) is 14.4 Å². The zero-order valence-corrected chi connectivity index (χ0v) is 50.2. The number of methoxy groups -OCH3 is 3. The summed E-state index contributed by atoms with van der Waals surface area (Å²) in [6, 6.07) is -1.15. The highest BCUT2D eigenvalue weighted by Crippen LogP contribution is 2.44. The predicted octanol–water partition coefficient (Wildman–Crippen LogP) is 8.87. The molecule has 73 heavy (non-hydrogen) atoms. The first kappa shape index (κ1) is 63.4. The molecule has 1 saturated carbocycles. The number of nitrogens with zero attached hydrogens (tertiary/aromatic N) is 1. The van der Waals surface area contributed by atoms with Crippen molar-refractivity contribution in [3.8, 4) is 0 Å². The standard InChI is InChI=1S/C56H99NO14Si2/c1-34-25-35(2)27-47(66-13)50-48(67-14)29-37(4)56(64,69-50)51(61)52(62)57-24-20-19-21-42(57)53(63)68-49(36(3)28-39-22-23-44(46(30-39)65-12)70-72(15,16)54(6,7)8)38(5)45(71-73(17,18)55(9,10)11)32-43(60)40(26-34)31-41(59)33-58/h26,28,35,37-42,44-50,58-59,64H,19-25,27,29-33H2,1-18H3/b34-26-,36-28+/t35-,37+,38+,39-,40?,41?,42-,44+,45-,46+,47?,48-,49+,50+,56+/m1/s1. The van der Waals surface area contributed by atoms with Gasteiger partial charge in [-0.25, -0.2) is 4.79 Å². The lowest BCUT2D eigenvalue weighted by Crippen LogP contribution is -2.64. The second-order valence-electron chi connectivity index (χ2n) is 25.5. The average Bonchev–Trinajstić information content (AvgIpc) is 3.31. The Morgan fingerprint density at radius 3 is 1.96 bits per heavy atom. The van der Waals surface area contributed by atoms with Gasteiger partial charge in [0.2, 0.25) is 5.79 Å². The molecule has 0 radical (unpaired) electrons. The molecule has 4 aliphatic rings. The minimum Gasteiger partial charge on any atom is -0.456 e. The molecule has 2 bridgehead atoms. The van der Waals surface area contributed by atoms with Crippen LogP contribution in [0.4, 0.5) is 0 Å². The summed E-state index contributed by atoms with van der Waals surface area (Å²) in [5, 5.41) is 33.1. The fourth-order valence-corrected chi connectivity index (χ4v) is 13.8. The molecular weight excluding hydrogens is 967 g/mol. The van der Waals surface area contributed by atoms with E-state index in [4.69, 9.17) is 32.5 Å². The van der Waals surface area contributed by atoms with Crippen LogP contribution in [0.2, 0.25) is 36.3 Å². The molecule has 4 rings (SSSR count). The second kappa shape index (κ2) is 26.0. The van der Waals surface area contributed by atoms with Gasteiger partial charge in [0.25, 0.3) is 11.7 Å². The molecule has 1 amide bonds. The fourth-order valence-electron chi connectivity index (χ4n) is 11.0. The van der Waals surface area contributed by atoms with E-state index in [1.54, 1.807) is 14.0 Å². The van der Waals surface area contributed by atoms with Crippen molar-refractivity contribution in [1.82, 2.24) is 4.90 Å². The number of piperidine rings is 1. The average molecular weight is 1070 g/mol. The van der Waals surface area contributed by atoms with Crippen molar-refractivity contribution in [2.45, 2.75) is 244 Å². The van der Waals surface area contributed by atoms with E-state index in [0.717, 1.165) is 24.0 Å². The summed E-state index contributed by atoms with van der Waals surface area (Å²) in [6.07, 6.45) is 3.38. The summed E-state index contributed by atoms with van der Waals surface area (Å²) in [5.74, 6) is -7.90. The third kappa shape index (κ3) is 15.8. The number of hydrogen-bond acceptors (Lipinski definition) is 14. The van der Waals surface area contributed by atoms with E-state index in [-0.39, 0.29) is 72.1 Å². The third-order valence-corrected chi connectivity index (χ3v) is 26.6. The Balaban J connectivity index is 1.91. The number of amides is 1. The third-order valence-electron chi connectivity index (χ3n) is 17.6. The first-order valence-electron chi connectivity index (χ1n) is 27.3. The molecule has 3 unspecified atom stereocenters. The number of aliphatic hydroxyl groups excluding tert-OH is 2. The number of carbonyl (C=O) groups excluding carboxylic acids is 4. The van der Waals surface area contributed by atoms with Gasteiger partial charge < -0.3 is 52.8 Å². The summed E-state index contributed by atoms with van der Waals surface area (Å²) >= 11 is 0. The number of carbonyl (C=O) groups is 4. The number of aliphatic hydroxyl groups is 3. The van der Waals surface area contributed by atoms with E-state index < -0.39 is 107 Å². The van der Waals surface area contributed by atoms with E-state index in [1.807, 2.05) is 33.8 Å². The molecular formula is C56H99NO14Si2. The largest absolute Gasteiger partial charge is 0.456 e. The SMILES string of the molecule is COC1C[C@H](C)C/C(C)=C\C(CC(O)CO)C(=O)C[C@@H](O[Si](C)(C)C(C)(C)C)[C@H](C)[C@H](/C(C)=C/[C@H]2CC[C@H](O[Si](C)(C)C(C)(C)C)[C@@H](OC)C2)OC(=O)[C@H]2CCCCN2C(=O)C(=O)[C@@]2(O)O[C@@H]1[C@H](OC)C[C@@H]2C. The molecule has 0 aromatic heterocycles. The zero-order chi connectivity index (χ0) is 55.2. The van der Waals surface area contributed by atoms with Gasteiger partial charge in [0.1, 0.15) is 24.0 Å². The predicted molar refractivity (Wildman–Crippen MR) is 288 cm³/mol. The van der Waals surface area contributed by atoms with Crippen molar-refractivity contribution in [2.24, 2.45) is 29.6 Å². The second-order valence-corrected chi connectivity index (χ2v) is 35.0. The topological polar surface area (TPSA) is 197 Å². The number of ketones is 2. The summed E-state index contributed by atoms with van der Waals surface area (Å²) in [6.45, 7) is 30.9. The highest BCUT2D eigenvalue weighted by atomic mass is 28.4. The van der Waals surface area contributed by atoms with Gasteiger partial charge >= 0.3 is 5.97 Å². The van der Waals surface area contributed by atoms with Gasteiger partial charge in [0, 0.05) is 52.0 Å². The Morgan fingerprint density at radius 2 is 1.40 bits per heavy atom. The van der Waals surface area contributed by atoms with Gasteiger partial charge in [0.15, 0.2) is 16.6 Å². The smallest absolute Gasteiger partial charge is 0.329 e. The van der Waals surface area contributed by atoms with Crippen LogP contribution < -0.4 is 0 Å². The normalized spacial score (nSPS) is 36.1. The number of esters is 1. The Kier molecular flexibility index (Phi) is 22.6. The van der Waals surface area contributed by atoms with Crippen molar-refractivity contribution in [3.05, 3.63) is 23.3 Å². The lowest BCUT2D eigenvalue weighted by Gasteiger charge is -2.47. The maximum absolute atomic E-state index is 15.1. The monoisotopic (exact) mass is 1070 g/mol. The summed E-state index contributed by atoms with van der Waals surface area (Å²) < 4.78 is 45.3. The molecule has 17 heteroatoms. The molecule has 15 atom stereocenters. The molecule has 2 saturated heterocycles. The Hall–Kier alpha value is -2.17. The first-order valence-corrected chi connectivity index (χ1v) is 33.1. The molecule has 1 aliphatic carbocycles. The molecule has 0 aromatic carbocycles. The number of ether oxygens (including phenoxy) is 5. The molecule has 3 N–H and O–H groups in total. The number of allylic oxidation sites excluding steroid dienone is 3. The van der Waals surface area contributed by atoms with Gasteiger partial charge in [-0.15, -0.1) is 0 Å². The van der Waals surface area contributed by atoms with Crippen LogP contribution in [0.5, 0.6) is 0 Å². The summed E-state index contributed by atoms with van der Waals surface area (Å²) in [5.41, 5.74) is 1.64. The van der Waals surface area contributed by atoms with Gasteiger partial charge in [-0.1, -0.05) is 80.0 Å². The highest BCUT2D eigenvalue weighted by molar-refractivity contribution is 6.74. The molecule has 3 fully saturated rings. The highest BCUT2D eigenvalue weighted by Gasteiger charge is 2.57. The van der Waals surface area contributed by atoms with Crippen LogP contribution in [0, 0.1) is 29.6 Å². The molecule has 0 spiro atoms. The maximum atomic E-state index is 15.1. The summed E-state index contributed by atoms with van der Waals surface area (Å²) in [4.78, 5) is 60.6. The van der Waals surface area contributed by atoms with Crippen LogP contribution in [0.3, 0.4) is 0 Å². The first-order chi connectivity index (χ1) is 33.7. The van der Waals surface area contributed by atoms with E-state index in [2.05, 4.69) is 73.8 Å². The van der Waals surface area contributed by atoms with Crippen molar-refractivity contribution in [2.75, 3.05) is 34.5 Å². The van der Waals surface area contributed by atoms with Crippen LogP contribution in [-0.4, -0.2) is 155 Å². The summed E-state index contributed by atoms with van der Waals surface area (Å²) in [7, 11) is 0.00811. The van der Waals surface area contributed by atoms with Crippen molar-refractivity contribution < 1.29 is 67.0 Å². The molecule has 3 heterocycles. The van der Waals surface area contributed by atoms with Crippen LogP contribution in [0.15, 0.2) is 23.3 Å². The molecule has 15 nitrogen and oxygen atoms in total. The Bertz CT molecular complexity index is 1930. The van der Waals surface area contributed by atoms with Crippen LogP contribution in [0.25, 0.3) is 0 Å². The van der Waals surface area contributed by atoms with E-state index in [0.29, 0.717) is 32.1 Å². The minimum atomic E-state index is -2.65. The van der Waals surface area contributed by atoms with Crippen molar-refractivity contribution in [1.29, 1.82) is 0 Å². The molecule has 3 aliphatic heterocycles. The minimum absolute atomic E-state index is 0.00939. The maximum Gasteiger partial charge on any atom is 0.329 e. The Morgan fingerprint density at radius 1 is 0.822 bits per heavy atom. The number of hydrogen-bond donors (Lipinski definition) is 3.